The fourth-order valence-corrected chi connectivity index (χ4v) is 3.31. The Bertz CT molecular complexity index is 1310. The van der Waals surface area contributed by atoms with Gasteiger partial charge >= 0.3 is 28.8 Å². The highest BCUT2D eigenvalue weighted by Gasteiger charge is 2.51. The first-order valence-electron chi connectivity index (χ1n) is 8.52. The summed E-state index contributed by atoms with van der Waals surface area (Å²) >= 11 is 0. The standard InChI is InChI=1S/C17H9F9N4O3S/c18-15(19,20)10-5-6-12(14(17(24,25)26)13(10)16(21,22)23)30-7-11(28-29-30)8-1-3-9(4-2-8)33-34(27,31)32/h1-7H,(H2,27,31,32). The molecule has 0 aliphatic heterocycles. The summed E-state index contributed by atoms with van der Waals surface area (Å²) in [6.45, 7) is 0. The Kier molecular flexibility index (Phi) is 6.06. The van der Waals surface area contributed by atoms with Crippen LogP contribution >= 0.6 is 0 Å². The number of hydrogen-bond donors (Lipinski definition) is 1. The van der Waals surface area contributed by atoms with E-state index in [1.54, 1.807) is 0 Å². The molecule has 0 bridgehead atoms. The quantitative estimate of drug-likeness (QED) is 0.508. The molecule has 0 saturated carbocycles. The zero-order chi connectivity index (χ0) is 25.7. The average Bonchev–Trinajstić information content (AvgIpc) is 3.14. The van der Waals surface area contributed by atoms with Crippen LogP contribution in [0.25, 0.3) is 16.9 Å². The summed E-state index contributed by atoms with van der Waals surface area (Å²) in [4.78, 5) is 0. The summed E-state index contributed by atoms with van der Waals surface area (Å²) in [6.07, 6.45) is -16.8. The Hall–Kier alpha value is -3.34. The maximum atomic E-state index is 13.6. The molecule has 2 N–H and O–H groups in total. The van der Waals surface area contributed by atoms with E-state index in [2.05, 4.69) is 14.5 Å². The van der Waals surface area contributed by atoms with E-state index in [0.29, 0.717) is 0 Å². The Morgan fingerprint density at radius 3 is 1.82 bits per heavy atom. The van der Waals surface area contributed by atoms with Crippen molar-refractivity contribution >= 4 is 10.3 Å². The van der Waals surface area contributed by atoms with Gasteiger partial charge in [-0.05, 0) is 36.4 Å². The lowest BCUT2D eigenvalue weighted by molar-refractivity contribution is -0.174. The Balaban J connectivity index is 2.15. The number of nitrogens with two attached hydrogens (primary N) is 1. The smallest absolute Gasteiger partial charge is 0.371 e. The zero-order valence-corrected chi connectivity index (χ0v) is 16.8. The highest BCUT2D eigenvalue weighted by Crippen LogP contribution is 2.48. The van der Waals surface area contributed by atoms with E-state index in [1.165, 1.54) is 12.1 Å². The van der Waals surface area contributed by atoms with Crippen molar-refractivity contribution in [1.29, 1.82) is 0 Å². The summed E-state index contributed by atoms with van der Waals surface area (Å²) in [5, 5.41) is 11.5. The fourth-order valence-electron chi connectivity index (χ4n) is 2.93. The molecule has 0 aliphatic rings. The molecule has 3 rings (SSSR count). The van der Waals surface area contributed by atoms with Crippen LogP contribution < -0.4 is 9.32 Å². The molecule has 0 saturated heterocycles. The second-order valence-electron chi connectivity index (χ2n) is 6.52. The van der Waals surface area contributed by atoms with Crippen molar-refractivity contribution in [3.63, 3.8) is 0 Å². The second kappa shape index (κ2) is 8.15. The van der Waals surface area contributed by atoms with Crippen molar-refractivity contribution in [3.8, 4) is 22.7 Å². The third-order valence-corrected chi connectivity index (χ3v) is 4.58. The number of benzene rings is 2. The van der Waals surface area contributed by atoms with Crippen molar-refractivity contribution in [2.24, 2.45) is 5.14 Å². The van der Waals surface area contributed by atoms with Crippen LogP contribution in [0.1, 0.15) is 16.7 Å². The van der Waals surface area contributed by atoms with Crippen molar-refractivity contribution in [2.75, 3.05) is 0 Å². The molecule has 0 aliphatic carbocycles. The average molecular weight is 520 g/mol. The first-order valence-corrected chi connectivity index (χ1v) is 9.99. The molecule has 17 heteroatoms. The van der Waals surface area contributed by atoms with Crippen LogP contribution in [0.5, 0.6) is 5.75 Å². The van der Waals surface area contributed by atoms with Gasteiger partial charge in [-0.2, -0.15) is 53.1 Å². The molecule has 2 aromatic carbocycles. The predicted octanol–water partition coefficient (Wildman–Crippen LogP) is 4.57. The molecule has 3 aromatic rings. The van der Waals surface area contributed by atoms with Crippen molar-refractivity contribution in [3.05, 3.63) is 59.3 Å². The van der Waals surface area contributed by atoms with Gasteiger partial charge in [-0.15, -0.1) is 5.10 Å². The Morgan fingerprint density at radius 2 is 1.35 bits per heavy atom. The lowest BCUT2D eigenvalue weighted by Crippen LogP contribution is -2.25. The highest BCUT2D eigenvalue weighted by molar-refractivity contribution is 7.84. The van der Waals surface area contributed by atoms with Gasteiger partial charge in [0.05, 0.1) is 28.6 Å². The van der Waals surface area contributed by atoms with Gasteiger partial charge in [-0.25, -0.2) is 4.68 Å². The zero-order valence-electron chi connectivity index (χ0n) is 16.0. The topological polar surface area (TPSA) is 100 Å². The van der Waals surface area contributed by atoms with E-state index < -0.39 is 51.2 Å². The van der Waals surface area contributed by atoms with Crippen LogP contribution in [0.15, 0.2) is 42.6 Å². The minimum Gasteiger partial charge on any atom is -0.371 e. The summed E-state index contributed by atoms with van der Waals surface area (Å²) in [6, 6.07) is 4.58. The van der Waals surface area contributed by atoms with E-state index in [4.69, 9.17) is 5.14 Å². The third kappa shape index (κ3) is 5.41. The van der Waals surface area contributed by atoms with Gasteiger partial charge in [0, 0.05) is 5.56 Å². The normalized spacial score (nSPS) is 13.2. The summed E-state index contributed by atoms with van der Waals surface area (Å²) < 4.78 is 147. The van der Waals surface area contributed by atoms with Crippen LogP contribution in [0.2, 0.25) is 0 Å². The van der Waals surface area contributed by atoms with Gasteiger partial charge < -0.3 is 4.18 Å². The molecule has 34 heavy (non-hydrogen) atoms. The summed E-state index contributed by atoms with van der Waals surface area (Å²) in [7, 11) is -4.35. The molecule has 1 heterocycles. The largest absolute Gasteiger partial charge is 0.419 e. The number of alkyl halides is 9. The lowest BCUT2D eigenvalue weighted by atomic mass is 9.97. The molecule has 7 nitrogen and oxygen atoms in total. The van der Waals surface area contributed by atoms with Crippen LogP contribution in [0.3, 0.4) is 0 Å². The Labute approximate surface area is 183 Å². The SMILES string of the molecule is NS(=O)(=O)Oc1ccc(-c2cn(-c3ccc(C(F)(F)F)c(C(F)(F)F)c3C(F)(F)F)nn2)cc1. The molecular weight excluding hydrogens is 511 g/mol. The van der Waals surface area contributed by atoms with Crippen LogP contribution in [-0.2, 0) is 28.8 Å². The maximum absolute atomic E-state index is 13.6. The molecule has 1 aromatic heterocycles. The van der Waals surface area contributed by atoms with Crippen LogP contribution in [0, 0.1) is 0 Å². The predicted molar refractivity (Wildman–Crippen MR) is 95.5 cm³/mol. The molecule has 0 fully saturated rings. The number of aromatic nitrogens is 3. The first-order chi connectivity index (χ1) is 15.4. The highest BCUT2D eigenvalue weighted by atomic mass is 32.2. The second-order valence-corrected chi connectivity index (χ2v) is 7.68. The monoisotopic (exact) mass is 520 g/mol. The molecule has 0 unspecified atom stereocenters. The minimum atomic E-state index is -6.01. The minimum absolute atomic E-state index is 0.101. The van der Waals surface area contributed by atoms with E-state index in [9.17, 15) is 47.9 Å². The number of hydrogen-bond acceptors (Lipinski definition) is 5. The van der Waals surface area contributed by atoms with Gasteiger partial charge in [-0.3, -0.25) is 0 Å². The summed E-state index contributed by atoms with van der Waals surface area (Å²) in [5.74, 6) is -0.240. The molecular formula is C17H9F9N4O3S. The molecule has 0 spiro atoms. The van der Waals surface area contributed by atoms with Gasteiger partial charge in [0.25, 0.3) is 0 Å². The molecule has 0 amide bonds. The number of rotatable bonds is 4. The van der Waals surface area contributed by atoms with Gasteiger partial charge in [-0.1, -0.05) is 5.21 Å². The summed E-state index contributed by atoms with van der Waals surface area (Å²) in [5.41, 5.74) is -9.47. The van der Waals surface area contributed by atoms with Gasteiger partial charge in [0.2, 0.25) is 0 Å². The van der Waals surface area contributed by atoms with Crippen LogP contribution in [-0.4, -0.2) is 23.4 Å². The third-order valence-electron chi connectivity index (χ3n) is 4.16. The molecule has 0 atom stereocenters. The van der Waals surface area contributed by atoms with Crippen molar-refractivity contribution < 1.29 is 52.1 Å². The van der Waals surface area contributed by atoms with Crippen LogP contribution in [0.4, 0.5) is 39.5 Å². The molecule has 0 radical (unpaired) electrons. The number of nitrogens with zero attached hydrogens (tertiary/aromatic N) is 3. The maximum Gasteiger partial charge on any atom is 0.419 e. The van der Waals surface area contributed by atoms with Gasteiger partial charge in [0.15, 0.2) is 0 Å². The fraction of sp³-hybridized carbons (Fsp3) is 0.176. The van der Waals surface area contributed by atoms with E-state index >= 15 is 0 Å². The van der Waals surface area contributed by atoms with Crippen molar-refractivity contribution in [2.45, 2.75) is 18.5 Å². The lowest BCUT2D eigenvalue weighted by Gasteiger charge is -2.23. The Morgan fingerprint density at radius 1 is 0.794 bits per heavy atom. The molecule has 184 valence electrons. The van der Waals surface area contributed by atoms with E-state index in [1.807, 2.05) is 0 Å². The van der Waals surface area contributed by atoms with Crippen molar-refractivity contribution in [1.82, 2.24) is 15.0 Å². The van der Waals surface area contributed by atoms with Gasteiger partial charge in [0.1, 0.15) is 11.4 Å². The number of halogens is 9. The van der Waals surface area contributed by atoms with E-state index in [-0.39, 0.29) is 33.8 Å². The first kappa shape index (κ1) is 25.3. The van der Waals surface area contributed by atoms with E-state index in [0.717, 1.165) is 18.3 Å².